The van der Waals surface area contributed by atoms with E-state index in [9.17, 15) is 8.42 Å². The summed E-state index contributed by atoms with van der Waals surface area (Å²) in [5.74, 6) is 0. The van der Waals surface area contributed by atoms with Crippen LogP contribution in [0.25, 0.3) is 10.6 Å². The minimum atomic E-state index is -3.50. The summed E-state index contributed by atoms with van der Waals surface area (Å²) in [5, 5.41) is 6.51. The largest absolute Gasteiger partial charge is 0.268 e. The van der Waals surface area contributed by atoms with Gasteiger partial charge in [0.1, 0.15) is 10.6 Å². The molecule has 126 valence electrons. The van der Waals surface area contributed by atoms with Crippen LogP contribution >= 0.6 is 11.3 Å². The summed E-state index contributed by atoms with van der Waals surface area (Å²) in [5.41, 5.74) is 0.581. The van der Waals surface area contributed by atoms with Gasteiger partial charge in [-0.3, -0.25) is 4.68 Å². The van der Waals surface area contributed by atoms with E-state index in [4.69, 9.17) is 0 Å². The first-order valence-corrected chi connectivity index (χ1v) is 10.5. The average molecular weight is 354 g/mol. The maximum atomic E-state index is 13.2. The van der Waals surface area contributed by atoms with Gasteiger partial charge < -0.3 is 0 Å². The SMILES string of the molecule is CC(C)n1cc(S(=O)(=O)N2CCCCCC2)c(-c2cccs2)n1. The molecule has 0 aliphatic carbocycles. The molecule has 0 atom stereocenters. The van der Waals surface area contributed by atoms with E-state index in [2.05, 4.69) is 5.10 Å². The molecular weight excluding hydrogens is 330 g/mol. The monoisotopic (exact) mass is 353 g/mol. The van der Waals surface area contributed by atoms with E-state index in [-0.39, 0.29) is 6.04 Å². The third-order valence-corrected chi connectivity index (χ3v) is 6.94. The fourth-order valence-corrected chi connectivity index (χ4v) is 5.27. The number of hydrogen-bond donors (Lipinski definition) is 0. The third-order valence-electron chi connectivity index (χ3n) is 4.16. The number of thiophene rings is 1. The van der Waals surface area contributed by atoms with Gasteiger partial charge in [-0.05, 0) is 38.1 Å². The average Bonchev–Trinajstić information content (AvgIpc) is 3.10. The molecule has 5 nitrogen and oxygen atoms in total. The van der Waals surface area contributed by atoms with Gasteiger partial charge in [0, 0.05) is 25.3 Å². The van der Waals surface area contributed by atoms with E-state index in [1.807, 2.05) is 31.4 Å². The molecule has 7 heteroatoms. The van der Waals surface area contributed by atoms with Crippen molar-refractivity contribution in [1.82, 2.24) is 14.1 Å². The number of sulfonamides is 1. The van der Waals surface area contributed by atoms with Crippen molar-refractivity contribution in [3.8, 4) is 10.6 Å². The molecular formula is C16H23N3O2S2. The Bertz CT molecular complexity index is 740. The summed E-state index contributed by atoms with van der Waals surface area (Å²) in [7, 11) is -3.50. The molecule has 0 saturated carbocycles. The molecule has 3 heterocycles. The summed E-state index contributed by atoms with van der Waals surface area (Å²) >= 11 is 1.52. The maximum Gasteiger partial charge on any atom is 0.246 e. The number of rotatable bonds is 4. The molecule has 0 unspecified atom stereocenters. The van der Waals surface area contributed by atoms with E-state index in [0.29, 0.717) is 23.7 Å². The first-order chi connectivity index (χ1) is 11.0. The molecule has 2 aromatic rings. The zero-order valence-corrected chi connectivity index (χ0v) is 15.2. The van der Waals surface area contributed by atoms with Crippen molar-refractivity contribution in [2.24, 2.45) is 0 Å². The fourth-order valence-electron chi connectivity index (χ4n) is 2.83. The van der Waals surface area contributed by atoms with Crippen molar-refractivity contribution in [2.75, 3.05) is 13.1 Å². The van der Waals surface area contributed by atoms with Gasteiger partial charge in [0.25, 0.3) is 0 Å². The minimum Gasteiger partial charge on any atom is -0.268 e. The second-order valence-corrected chi connectivity index (χ2v) is 9.07. The lowest BCUT2D eigenvalue weighted by Crippen LogP contribution is -2.32. The van der Waals surface area contributed by atoms with Crippen LogP contribution in [0.4, 0.5) is 0 Å². The van der Waals surface area contributed by atoms with Crippen LogP contribution < -0.4 is 0 Å². The van der Waals surface area contributed by atoms with Crippen LogP contribution in [0.3, 0.4) is 0 Å². The standard InChI is InChI=1S/C16H23N3O2S2/c1-13(2)19-12-15(16(17-19)14-8-7-11-22-14)23(20,21)18-9-5-3-4-6-10-18/h7-8,11-13H,3-6,9-10H2,1-2H3. The van der Waals surface area contributed by atoms with E-state index < -0.39 is 10.0 Å². The lowest BCUT2D eigenvalue weighted by molar-refractivity contribution is 0.423. The first kappa shape index (κ1) is 16.7. The van der Waals surface area contributed by atoms with E-state index >= 15 is 0 Å². The molecule has 0 spiro atoms. The highest BCUT2D eigenvalue weighted by atomic mass is 32.2. The highest BCUT2D eigenvalue weighted by Crippen LogP contribution is 2.33. The molecule has 1 aliphatic rings. The molecule has 1 aliphatic heterocycles. The van der Waals surface area contributed by atoms with Gasteiger partial charge in [-0.2, -0.15) is 9.40 Å². The topological polar surface area (TPSA) is 55.2 Å². The maximum absolute atomic E-state index is 13.2. The second kappa shape index (κ2) is 6.75. The molecule has 0 amide bonds. The quantitative estimate of drug-likeness (QED) is 0.841. The Morgan fingerprint density at radius 3 is 2.43 bits per heavy atom. The van der Waals surface area contributed by atoms with Crippen LogP contribution in [-0.4, -0.2) is 35.6 Å². The normalized spacial score (nSPS) is 17.5. The van der Waals surface area contributed by atoms with Crippen molar-refractivity contribution >= 4 is 21.4 Å². The Kier molecular flexibility index (Phi) is 4.89. The highest BCUT2D eigenvalue weighted by molar-refractivity contribution is 7.89. The predicted octanol–water partition coefficient (Wildman–Crippen LogP) is 3.76. The van der Waals surface area contributed by atoms with Gasteiger partial charge in [-0.25, -0.2) is 8.42 Å². The van der Waals surface area contributed by atoms with Gasteiger partial charge in [-0.15, -0.1) is 11.3 Å². The molecule has 0 bridgehead atoms. The van der Waals surface area contributed by atoms with Crippen molar-refractivity contribution in [1.29, 1.82) is 0 Å². The van der Waals surface area contributed by atoms with Crippen LogP contribution in [0.1, 0.15) is 45.6 Å². The Labute approximate surface area is 142 Å². The molecule has 3 rings (SSSR count). The Morgan fingerprint density at radius 1 is 1.17 bits per heavy atom. The summed E-state index contributed by atoms with van der Waals surface area (Å²) in [4.78, 5) is 1.24. The number of nitrogens with zero attached hydrogens (tertiary/aromatic N) is 3. The van der Waals surface area contributed by atoms with Gasteiger partial charge in [0.15, 0.2) is 0 Å². The summed E-state index contributed by atoms with van der Waals surface area (Å²) < 4.78 is 29.7. The van der Waals surface area contributed by atoms with Crippen LogP contribution in [0.2, 0.25) is 0 Å². The second-order valence-electron chi connectivity index (χ2n) is 6.21. The lowest BCUT2D eigenvalue weighted by atomic mass is 10.2. The molecule has 23 heavy (non-hydrogen) atoms. The van der Waals surface area contributed by atoms with E-state index in [1.165, 1.54) is 11.3 Å². The van der Waals surface area contributed by atoms with Gasteiger partial charge in [0.05, 0.1) is 4.88 Å². The van der Waals surface area contributed by atoms with Crippen LogP contribution in [-0.2, 0) is 10.0 Å². The molecule has 0 aromatic carbocycles. The number of hydrogen-bond acceptors (Lipinski definition) is 4. The van der Waals surface area contributed by atoms with E-state index in [0.717, 1.165) is 30.6 Å². The van der Waals surface area contributed by atoms with Crippen molar-refractivity contribution < 1.29 is 8.42 Å². The molecule has 2 aromatic heterocycles. The highest BCUT2D eigenvalue weighted by Gasteiger charge is 2.31. The zero-order chi connectivity index (χ0) is 16.4. The summed E-state index contributed by atoms with van der Waals surface area (Å²) in [6, 6.07) is 3.98. The Hall–Kier alpha value is -1.18. The minimum absolute atomic E-state index is 0.127. The first-order valence-electron chi connectivity index (χ1n) is 8.13. The molecule has 1 saturated heterocycles. The zero-order valence-electron chi connectivity index (χ0n) is 13.6. The predicted molar refractivity (Wildman–Crippen MR) is 93.2 cm³/mol. The summed E-state index contributed by atoms with van der Waals surface area (Å²) in [6.07, 6.45) is 5.78. The van der Waals surface area contributed by atoms with Gasteiger partial charge >= 0.3 is 0 Å². The van der Waals surface area contributed by atoms with Crippen LogP contribution in [0, 0.1) is 0 Å². The molecule has 0 N–H and O–H groups in total. The lowest BCUT2D eigenvalue weighted by Gasteiger charge is -2.19. The smallest absolute Gasteiger partial charge is 0.246 e. The van der Waals surface area contributed by atoms with Crippen molar-refractivity contribution in [3.63, 3.8) is 0 Å². The van der Waals surface area contributed by atoms with Crippen LogP contribution in [0.15, 0.2) is 28.6 Å². The van der Waals surface area contributed by atoms with E-state index in [1.54, 1.807) is 15.2 Å². The molecule has 0 radical (unpaired) electrons. The van der Waals surface area contributed by atoms with Gasteiger partial charge in [0.2, 0.25) is 10.0 Å². The molecule has 1 fully saturated rings. The van der Waals surface area contributed by atoms with Crippen LogP contribution in [0.5, 0.6) is 0 Å². The number of aromatic nitrogens is 2. The van der Waals surface area contributed by atoms with Crippen molar-refractivity contribution in [2.45, 2.75) is 50.5 Å². The fraction of sp³-hybridized carbons (Fsp3) is 0.562. The van der Waals surface area contributed by atoms with Gasteiger partial charge in [-0.1, -0.05) is 18.9 Å². The third kappa shape index (κ3) is 3.36. The Balaban J connectivity index is 2.06. The van der Waals surface area contributed by atoms with Crippen molar-refractivity contribution in [3.05, 3.63) is 23.7 Å². The summed E-state index contributed by atoms with van der Waals surface area (Å²) in [6.45, 7) is 5.24. The Morgan fingerprint density at radius 2 is 1.87 bits per heavy atom.